The topological polar surface area (TPSA) is 70.2 Å². The molecule has 2 aromatic rings. The number of hydrogen-bond donors (Lipinski definition) is 0. The number of thioether (sulfide) groups is 1. The van der Waals surface area contributed by atoms with Gasteiger partial charge in [-0.3, -0.25) is 4.79 Å². The molecule has 0 N–H and O–H groups in total. The van der Waals surface area contributed by atoms with Crippen LogP contribution in [-0.4, -0.2) is 75.7 Å². The second-order valence-corrected chi connectivity index (χ2v) is 10.9. The van der Waals surface area contributed by atoms with E-state index in [1.165, 1.54) is 11.8 Å². The molecule has 2 saturated heterocycles. The van der Waals surface area contributed by atoms with Crippen molar-refractivity contribution < 1.29 is 17.9 Å². The summed E-state index contributed by atoms with van der Waals surface area (Å²) in [6.45, 7) is 4.06. The number of carbonyl (C=O) groups is 1. The Hall–Kier alpha value is -2.23. The van der Waals surface area contributed by atoms with E-state index in [2.05, 4.69) is 4.90 Å². The predicted molar refractivity (Wildman–Crippen MR) is 127 cm³/mol. The number of nitrogens with zero attached hydrogens (tertiary/aromatic N) is 3. The fourth-order valence-electron chi connectivity index (χ4n) is 4.11. The highest BCUT2D eigenvalue weighted by atomic mass is 32.2. The molecule has 1 amide bonds. The standard InChI is InChI=1S/C23H29N3O4S2/c1-30-22-7-3-2-6-21(22)24-14-16-25(17-15-24)23(27)18-31-19-8-10-20(11-9-19)32(28,29)26-12-4-5-13-26/h2-3,6-11H,4-5,12-18H2,1H3. The molecule has 7 nitrogen and oxygen atoms in total. The minimum Gasteiger partial charge on any atom is -0.495 e. The zero-order chi connectivity index (χ0) is 22.6. The van der Waals surface area contributed by atoms with Gasteiger partial charge >= 0.3 is 0 Å². The van der Waals surface area contributed by atoms with Crippen molar-refractivity contribution in [2.75, 3.05) is 57.0 Å². The van der Waals surface area contributed by atoms with Crippen LogP contribution in [0.2, 0.25) is 0 Å². The van der Waals surface area contributed by atoms with Gasteiger partial charge in [0, 0.05) is 44.2 Å². The van der Waals surface area contributed by atoms with Crippen LogP contribution in [0.25, 0.3) is 0 Å². The third-order valence-corrected chi connectivity index (χ3v) is 8.86. The lowest BCUT2D eigenvalue weighted by Crippen LogP contribution is -2.49. The highest BCUT2D eigenvalue weighted by molar-refractivity contribution is 8.00. The van der Waals surface area contributed by atoms with E-state index in [1.807, 2.05) is 29.2 Å². The molecule has 0 spiro atoms. The zero-order valence-electron chi connectivity index (χ0n) is 18.3. The first kappa shape index (κ1) is 22.9. The molecule has 0 radical (unpaired) electrons. The van der Waals surface area contributed by atoms with Crippen molar-refractivity contribution >= 4 is 33.4 Å². The van der Waals surface area contributed by atoms with E-state index in [4.69, 9.17) is 4.74 Å². The van der Waals surface area contributed by atoms with Crippen LogP contribution in [-0.2, 0) is 14.8 Å². The molecule has 0 bridgehead atoms. The number of carbonyl (C=O) groups excluding carboxylic acids is 1. The number of amides is 1. The van der Waals surface area contributed by atoms with Crippen LogP contribution in [0.4, 0.5) is 5.69 Å². The van der Waals surface area contributed by atoms with Crippen LogP contribution in [0.5, 0.6) is 5.75 Å². The van der Waals surface area contributed by atoms with E-state index in [0.29, 0.717) is 36.8 Å². The van der Waals surface area contributed by atoms with E-state index in [9.17, 15) is 13.2 Å². The molecule has 172 valence electrons. The van der Waals surface area contributed by atoms with Crippen molar-refractivity contribution in [1.82, 2.24) is 9.21 Å². The quantitative estimate of drug-likeness (QED) is 0.574. The van der Waals surface area contributed by atoms with E-state index < -0.39 is 10.0 Å². The van der Waals surface area contributed by atoms with Gasteiger partial charge in [0.2, 0.25) is 15.9 Å². The Morgan fingerprint density at radius 1 is 0.938 bits per heavy atom. The first-order chi connectivity index (χ1) is 15.5. The Morgan fingerprint density at radius 3 is 2.25 bits per heavy atom. The van der Waals surface area contributed by atoms with Crippen LogP contribution >= 0.6 is 11.8 Å². The SMILES string of the molecule is COc1ccccc1N1CCN(C(=O)CSc2ccc(S(=O)(=O)N3CCCC3)cc2)CC1. The van der Waals surface area contributed by atoms with Gasteiger partial charge in [0.15, 0.2) is 0 Å². The van der Waals surface area contributed by atoms with E-state index >= 15 is 0 Å². The summed E-state index contributed by atoms with van der Waals surface area (Å²) in [6, 6.07) is 14.8. The van der Waals surface area contributed by atoms with Gasteiger partial charge < -0.3 is 14.5 Å². The number of hydrogen-bond acceptors (Lipinski definition) is 6. The summed E-state index contributed by atoms with van der Waals surface area (Å²) >= 11 is 1.44. The molecule has 9 heteroatoms. The average molecular weight is 476 g/mol. The lowest BCUT2D eigenvalue weighted by Gasteiger charge is -2.36. The van der Waals surface area contributed by atoms with Crippen molar-refractivity contribution in [1.29, 1.82) is 0 Å². The van der Waals surface area contributed by atoms with Crippen molar-refractivity contribution in [3.8, 4) is 5.75 Å². The second-order valence-electron chi connectivity index (χ2n) is 7.91. The van der Waals surface area contributed by atoms with Crippen molar-refractivity contribution in [2.24, 2.45) is 0 Å². The Morgan fingerprint density at radius 2 is 1.59 bits per heavy atom. The maximum atomic E-state index is 12.7. The van der Waals surface area contributed by atoms with Crippen LogP contribution in [0, 0.1) is 0 Å². The van der Waals surface area contributed by atoms with Crippen LogP contribution < -0.4 is 9.64 Å². The van der Waals surface area contributed by atoms with Crippen molar-refractivity contribution in [2.45, 2.75) is 22.6 Å². The first-order valence-corrected chi connectivity index (χ1v) is 13.3. The Kier molecular flexibility index (Phi) is 7.27. The molecule has 32 heavy (non-hydrogen) atoms. The third-order valence-electron chi connectivity index (χ3n) is 5.95. The second kappa shape index (κ2) is 10.1. The lowest BCUT2D eigenvalue weighted by atomic mass is 10.2. The first-order valence-electron chi connectivity index (χ1n) is 10.9. The number of benzene rings is 2. The number of rotatable bonds is 7. The van der Waals surface area contributed by atoms with Crippen LogP contribution in [0.1, 0.15) is 12.8 Å². The lowest BCUT2D eigenvalue weighted by molar-refractivity contribution is -0.128. The smallest absolute Gasteiger partial charge is 0.243 e. The Labute approximate surface area is 194 Å². The normalized spacial score (nSPS) is 17.5. The molecule has 0 unspecified atom stereocenters. The van der Waals surface area contributed by atoms with Gasteiger partial charge in [0.25, 0.3) is 0 Å². The summed E-state index contributed by atoms with van der Waals surface area (Å²) in [5.41, 5.74) is 1.06. The molecule has 0 aliphatic carbocycles. The van der Waals surface area contributed by atoms with Crippen molar-refractivity contribution in [3.63, 3.8) is 0 Å². The monoisotopic (exact) mass is 475 g/mol. The zero-order valence-corrected chi connectivity index (χ0v) is 19.9. The number of piperazine rings is 1. The minimum absolute atomic E-state index is 0.100. The van der Waals surface area contributed by atoms with E-state index in [1.54, 1.807) is 35.7 Å². The maximum Gasteiger partial charge on any atom is 0.243 e. The summed E-state index contributed by atoms with van der Waals surface area (Å²) in [5, 5.41) is 0. The highest BCUT2D eigenvalue weighted by Gasteiger charge is 2.27. The van der Waals surface area contributed by atoms with Crippen LogP contribution in [0.15, 0.2) is 58.3 Å². The molecule has 2 heterocycles. The van der Waals surface area contributed by atoms with E-state index in [-0.39, 0.29) is 5.91 Å². The fraction of sp³-hybridized carbons (Fsp3) is 0.435. The van der Waals surface area contributed by atoms with Crippen LogP contribution in [0.3, 0.4) is 0 Å². The number of para-hydroxylation sites is 2. The van der Waals surface area contributed by atoms with Gasteiger partial charge in [-0.05, 0) is 49.2 Å². The Bertz CT molecular complexity index is 1030. The number of methoxy groups -OCH3 is 1. The minimum atomic E-state index is -3.40. The van der Waals surface area contributed by atoms with Gasteiger partial charge in [-0.15, -0.1) is 11.8 Å². The van der Waals surface area contributed by atoms with Gasteiger partial charge in [-0.25, -0.2) is 8.42 Å². The number of anilines is 1. The van der Waals surface area contributed by atoms with E-state index in [0.717, 1.165) is 42.3 Å². The molecule has 0 saturated carbocycles. The molecular formula is C23H29N3O4S2. The third kappa shape index (κ3) is 5.05. The average Bonchev–Trinajstić information content (AvgIpc) is 3.39. The summed E-state index contributed by atoms with van der Waals surface area (Å²) in [5.74, 6) is 1.29. The van der Waals surface area contributed by atoms with Crippen molar-refractivity contribution in [3.05, 3.63) is 48.5 Å². The Balaban J connectivity index is 1.28. The molecule has 4 rings (SSSR count). The molecule has 2 fully saturated rings. The van der Waals surface area contributed by atoms with Gasteiger partial charge in [0.1, 0.15) is 5.75 Å². The molecule has 0 aromatic heterocycles. The predicted octanol–water partition coefficient (Wildman–Crippen LogP) is 2.92. The highest BCUT2D eigenvalue weighted by Crippen LogP contribution is 2.29. The summed E-state index contributed by atoms with van der Waals surface area (Å²) in [6.07, 6.45) is 1.84. The summed E-state index contributed by atoms with van der Waals surface area (Å²) in [7, 11) is -1.73. The van der Waals surface area contributed by atoms with Gasteiger partial charge in [-0.2, -0.15) is 4.31 Å². The molecule has 2 aromatic carbocycles. The van der Waals surface area contributed by atoms with Gasteiger partial charge in [-0.1, -0.05) is 12.1 Å². The fourth-order valence-corrected chi connectivity index (χ4v) is 6.43. The molecule has 0 atom stereocenters. The van der Waals surface area contributed by atoms with Gasteiger partial charge in [0.05, 0.1) is 23.4 Å². The largest absolute Gasteiger partial charge is 0.495 e. The number of ether oxygens (including phenoxy) is 1. The molecule has 2 aliphatic heterocycles. The maximum absolute atomic E-state index is 12.7. The number of sulfonamides is 1. The molecule has 2 aliphatic rings. The summed E-state index contributed by atoms with van der Waals surface area (Å²) in [4.78, 5) is 18.1. The molecular weight excluding hydrogens is 446 g/mol. The summed E-state index contributed by atoms with van der Waals surface area (Å²) < 4.78 is 32.3.